The molecule has 84 valence electrons. The Morgan fingerprint density at radius 2 is 2.31 bits per heavy atom. The quantitative estimate of drug-likeness (QED) is 0.844. The van der Waals surface area contributed by atoms with Crippen molar-refractivity contribution in [2.45, 2.75) is 29.4 Å². The van der Waals surface area contributed by atoms with Crippen LogP contribution in [0.3, 0.4) is 0 Å². The van der Waals surface area contributed by atoms with Crippen LogP contribution < -0.4 is 5.73 Å². The highest BCUT2D eigenvalue weighted by atomic mass is 32.2. The van der Waals surface area contributed by atoms with Crippen molar-refractivity contribution in [1.82, 2.24) is 20.2 Å². The van der Waals surface area contributed by atoms with E-state index < -0.39 is 0 Å². The molecule has 0 unspecified atom stereocenters. The van der Waals surface area contributed by atoms with Crippen LogP contribution in [0.2, 0.25) is 0 Å². The Labute approximate surface area is 97.9 Å². The highest BCUT2D eigenvalue weighted by Gasteiger charge is 2.05. The number of aromatic amines is 1. The Bertz CT molecular complexity index is 425. The fourth-order valence-electron chi connectivity index (χ4n) is 1.24. The van der Waals surface area contributed by atoms with Gasteiger partial charge in [0, 0.05) is 17.1 Å². The molecule has 5 nitrogen and oxygen atoms in total. The Balaban J connectivity index is 2.07. The molecule has 0 aliphatic heterocycles. The molecule has 2 aromatic rings. The number of nitrogens with zero attached hydrogens (tertiary/aromatic N) is 3. The first-order valence-electron chi connectivity index (χ1n) is 5.04. The van der Waals surface area contributed by atoms with E-state index in [1.54, 1.807) is 6.20 Å². The molecule has 2 heterocycles. The number of nitrogens with two attached hydrogens (primary N) is 1. The summed E-state index contributed by atoms with van der Waals surface area (Å²) in [6.45, 7) is 2.05. The molecule has 0 aliphatic rings. The van der Waals surface area contributed by atoms with Gasteiger partial charge in [-0.1, -0.05) is 6.92 Å². The summed E-state index contributed by atoms with van der Waals surface area (Å²) < 4.78 is 0. The minimum absolute atomic E-state index is 0.0179. The first-order chi connectivity index (χ1) is 7.79. The van der Waals surface area contributed by atoms with Crippen LogP contribution in [-0.2, 0) is 0 Å². The van der Waals surface area contributed by atoms with Gasteiger partial charge in [0.2, 0.25) is 0 Å². The van der Waals surface area contributed by atoms with Crippen LogP contribution in [-0.4, -0.2) is 20.2 Å². The van der Waals surface area contributed by atoms with Gasteiger partial charge >= 0.3 is 0 Å². The molecule has 0 saturated carbocycles. The van der Waals surface area contributed by atoms with Crippen LogP contribution in [0.25, 0.3) is 0 Å². The van der Waals surface area contributed by atoms with Crippen LogP contribution in [0.15, 0.2) is 34.7 Å². The van der Waals surface area contributed by atoms with E-state index in [4.69, 9.17) is 5.73 Å². The standard InChI is InChI=1S/C10H13N5S/c1-2-8(11)9-4-3-7(5-12-9)16-10-13-6-14-15-10/h3-6,8H,2,11H2,1H3,(H,13,14,15)/t8-/m1/s1. The molecule has 2 aromatic heterocycles. The minimum Gasteiger partial charge on any atom is -0.323 e. The number of H-pyrrole nitrogens is 1. The summed E-state index contributed by atoms with van der Waals surface area (Å²) in [7, 11) is 0. The number of rotatable bonds is 4. The Kier molecular flexibility index (Phi) is 3.53. The van der Waals surface area contributed by atoms with Gasteiger partial charge in [-0.15, -0.1) is 0 Å². The summed E-state index contributed by atoms with van der Waals surface area (Å²) in [6, 6.07) is 3.96. The molecule has 16 heavy (non-hydrogen) atoms. The molecule has 2 rings (SSSR count). The molecule has 0 bridgehead atoms. The Morgan fingerprint density at radius 3 is 2.88 bits per heavy atom. The lowest BCUT2D eigenvalue weighted by molar-refractivity contribution is 0.674. The highest BCUT2D eigenvalue weighted by Crippen LogP contribution is 2.23. The van der Waals surface area contributed by atoms with E-state index in [0.717, 1.165) is 22.2 Å². The summed E-state index contributed by atoms with van der Waals surface area (Å²) in [5, 5.41) is 7.32. The zero-order chi connectivity index (χ0) is 11.4. The average Bonchev–Trinajstić information content (AvgIpc) is 2.82. The topological polar surface area (TPSA) is 80.5 Å². The largest absolute Gasteiger partial charge is 0.323 e. The van der Waals surface area contributed by atoms with Gasteiger partial charge in [0.1, 0.15) is 6.33 Å². The third kappa shape index (κ3) is 2.59. The van der Waals surface area contributed by atoms with Gasteiger partial charge in [0.05, 0.1) is 5.69 Å². The SMILES string of the molecule is CC[C@@H](N)c1ccc(Sc2ncn[nH]2)cn1. The first kappa shape index (κ1) is 11.1. The van der Waals surface area contributed by atoms with Crippen LogP contribution in [0.4, 0.5) is 0 Å². The number of hydrogen-bond acceptors (Lipinski definition) is 5. The van der Waals surface area contributed by atoms with Crippen LogP contribution >= 0.6 is 11.8 Å². The fraction of sp³-hybridized carbons (Fsp3) is 0.300. The zero-order valence-corrected chi connectivity index (χ0v) is 9.74. The van der Waals surface area contributed by atoms with E-state index in [2.05, 4.69) is 20.2 Å². The molecule has 0 fully saturated rings. The van der Waals surface area contributed by atoms with Crippen LogP contribution in [0, 0.1) is 0 Å². The third-order valence-corrected chi connectivity index (χ3v) is 3.05. The van der Waals surface area contributed by atoms with E-state index in [0.29, 0.717) is 0 Å². The summed E-state index contributed by atoms with van der Waals surface area (Å²) >= 11 is 1.49. The van der Waals surface area contributed by atoms with Gasteiger partial charge in [-0.05, 0) is 30.3 Å². The minimum atomic E-state index is 0.0179. The van der Waals surface area contributed by atoms with Crippen LogP contribution in [0.5, 0.6) is 0 Å². The van der Waals surface area contributed by atoms with Gasteiger partial charge in [0.15, 0.2) is 5.16 Å². The van der Waals surface area contributed by atoms with Crippen molar-refractivity contribution < 1.29 is 0 Å². The zero-order valence-electron chi connectivity index (χ0n) is 8.92. The number of pyridine rings is 1. The smallest absolute Gasteiger partial charge is 0.188 e. The lowest BCUT2D eigenvalue weighted by atomic mass is 10.1. The average molecular weight is 235 g/mol. The van der Waals surface area contributed by atoms with Crippen molar-refractivity contribution in [1.29, 1.82) is 0 Å². The highest BCUT2D eigenvalue weighted by molar-refractivity contribution is 7.99. The van der Waals surface area contributed by atoms with Crippen molar-refractivity contribution in [2.75, 3.05) is 0 Å². The normalized spacial score (nSPS) is 12.6. The van der Waals surface area contributed by atoms with Crippen molar-refractivity contribution in [3.63, 3.8) is 0 Å². The second kappa shape index (κ2) is 5.09. The van der Waals surface area contributed by atoms with Crippen molar-refractivity contribution >= 4 is 11.8 Å². The molecule has 0 spiro atoms. The maximum Gasteiger partial charge on any atom is 0.188 e. The summed E-state index contributed by atoms with van der Waals surface area (Å²) in [4.78, 5) is 9.37. The molecular formula is C10H13N5S. The lowest BCUT2D eigenvalue weighted by Crippen LogP contribution is -2.10. The van der Waals surface area contributed by atoms with E-state index in [1.807, 2.05) is 19.1 Å². The number of aromatic nitrogens is 4. The van der Waals surface area contributed by atoms with Crippen molar-refractivity contribution in [3.05, 3.63) is 30.4 Å². The molecule has 0 saturated heterocycles. The van der Waals surface area contributed by atoms with Gasteiger partial charge < -0.3 is 5.73 Å². The maximum atomic E-state index is 5.88. The molecule has 3 N–H and O–H groups in total. The van der Waals surface area contributed by atoms with E-state index >= 15 is 0 Å². The summed E-state index contributed by atoms with van der Waals surface area (Å²) in [6.07, 6.45) is 4.18. The Hall–Kier alpha value is -1.40. The van der Waals surface area contributed by atoms with E-state index in [1.165, 1.54) is 18.1 Å². The van der Waals surface area contributed by atoms with E-state index in [-0.39, 0.29) is 6.04 Å². The first-order valence-corrected chi connectivity index (χ1v) is 5.86. The third-order valence-electron chi connectivity index (χ3n) is 2.19. The molecular weight excluding hydrogens is 222 g/mol. The molecule has 1 atom stereocenters. The van der Waals surface area contributed by atoms with Gasteiger partial charge in [0.25, 0.3) is 0 Å². The predicted octanol–water partition coefficient (Wildman–Crippen LogP) is 1.76. The Morgan fingerprint density at radius 1 is 1.44 bits per heavy atom. The predicted molar refractivity (Wildman–Crippen MR) is 62.0 cm³/mol. The van der Waals surface area contributed by atoms with Crippen LogP contribution in [0.1, 0.15) is 25.1 Å². The lowest BCUT2D eigenvalue weighted by Gasteiger charge is -2.07. The second-order valence-electron chi connectivity index (χ2n) is 3.33. The van der Waals surface area contributed by atoms with Gasteiger partial charge in [-0.3, -0.25) is 10.1 Å². The van der Waals surface area contributed by atoms with Gasteiger partial charge in [-0.25, -0.2) is 4.98 Å². The fourth-order valence-corrected chi connectivity index (χ4v) is 1.90. The molecule has 0 aromatic carbocycles. The number of nitrogens with one attached hydrogen (secondary N) is 1. The van der Waals surface area contributed by atoms with Gasteiger partial charge in [-0.2, -0.15) is 5.10 Å². The van der Waals surface area contributed by atoms with E-state index in [9.17, 15) is 0 Å². The summed E-state index contributed by atoms with van der Waals surface area (Å²) in [5.41, 5.74) is 6.80. The second-order valence-corrected chi connectivity index (χ2v) is 4.39. The number of hydrogen-bond donors (Lipinski definition) is 2. The maximum absolute atomic E-state index is 5.88. The van der Waals surface area contributed by atoms with Crippen molar-refractivity contribution in [2.24, 2.45) is 5.73 Å². The van der Waals surface area contributed by atoms with Crippen molar-refractivity contribution in [3.8, 4) is 0 Å². The molecule has 0 radical (unpaired) electrons. The molecule has 6 heteroatoms. The monoisotopic (exact) mass is 235 g/mol. The molecule has 0 amide bonds. The molecule has 0 aliphatic carbocycles. The summed E-state index contributed by atoms with van der Waals surface area (Å²) in [5.74, 6) is 0.